The van der Waals surface area contributed by atoms with Crippen molar-refractivity contribution in [2.24, 2.45) is 0 Å². The zero-order chi connectivity index (χ0) is 22.7. The molecule has 0 unspecified atom stereocenters. The molecule has 0 atom stereocenters. The molecule has 3 aromatic carbocycles. The van der Waals surface area contributed by atoms with E-state index in [2.05, 4.69) is 10.0 Å². The van der Waals surface area contributed by atoms with Crippen LogP contribution in [-0.2, 0) is 20.7 Å². The Labute approximate surface area is 184 Å². The van der Waals surface area contributed by atoms with Gasteiger partial charge in [-0.1, -0.05) is 29.8 Å². The number of carboxylic acids is 1. The number of amides is 1. The maximum absolute atomic E-state index is 13.3. The lowest BCUT2D eigenvalue weighted by Crippen LogP contribution is -2.39. The van der Waals surface area contributed by atoms with Crippen molar-refractivity contribution in [1.29, 1.82) is 0 Å². The molecule has 0 radical (unpaired) electrons. The third-order valence-electron chi connectivity index (χ3n) is 4.45. The largest absolute Gasteiger partial charge is 0.481 e. The van der Waals surface area contributed by atoms with Crippen LogP contribution in [-0.4, -0.2) is 32.0 Å². The van der Waals surface area contributed by atoms with Gasteiger partial charge in [-0.2, -0.15) is 4.21 Å². The van der Waals surface area contributed by atoms with Gasteiger partial charge >= 0.3 is 5.97 Å². The SMILES string of the molecule is CS(=O)(O)(Nc1ccc(C(=O)Nc2ccccc2)cc1)c1ccc(Cl)c(CC(=O)O)c1. The average molecular weight is 461 g/mol. The van der Waals surface area contributed by atoms with E-state index >= 15 is 0 Å². The van der Waals surface area contributed by atoms with Crippen LogP contribution in [0.2, 0.25) is 5.02 Å². The first-order chi connectivity index (χ1) is 14.5. The second-order valence-corrected chi connectivity index (χ2v) is 10.8. The van der Waals surface area contributed by atoms with Crippen LogP contribution in [0.25, 0.3) is 0 Å². The Bertz CT molecular complexity index is 1190. The predicted molar refractivity (Wildman–Crippen MR) is 122 cm³/mol. The van der Waals surface area contributed by atoms with Crippen LogP contribution in [0, 0.1) is 0 Å². The van der Waals surface area contributed by atoms with E-state index in [1.807, 2.05) is 6.07 Å². The van der Waals surface area contributed by atoms with E-state index in [0.717, 1.165) is 6.26 Å². The Hall–Kier alpha value is -3.20. The molecule has 0 aliphatic rings. The number of para-hydroxylation sites is 1. The van der Waals surface area contributed by atoms with Gasteiger partial charge in [-0.3, -0.25) is 18.9 Å². The van der Waals surface area contributed by atoms with Crippen molar-refractivity contribution >= 4 is 44.4 Å². The van der Waals surface area contributed by atoms with Gasteiger partial charge in [-0.05, 0) is 60.2 Å². The summed E-state index contributed by atoms with van der Waals surface area (Å²) in [5.74, 6) is -1.42. The molecular weight excluding hydrogens is 440 g/mol. The summed E-state index contributed by atoms with van der Waals surface area (Å²) < 4.78 is 26.9. The lowest BCUT2D eigenvalue weighted by molar-refractivity contribution is -0.136. The Kier molecular flexibility index (Phi) is 6.17. The maximum Gasteiger partial charge on any atom is 0.307 e. The summed E-state index contributed by atoms with van der Waals surface area (Å²) in [7, 11) is -4.58. The van der Waals surface area contributed by atoms with Gasteiger partial charge in [0.2, 0.25) is 0 Å². The second-order valence-electron chi connectivity index (χ2n) is 7.11. The fraction of sp³-hybridized carbons (Fsp3) is 0.0909. The second kappa shape index (κ2) is 8.50. The van der Waals surface area contributed by atoms with Gasteiger partial charge in [-0.15, -0.1) is 9.53 Å². The molecule has 162 valence electrons. The first kappa shape index (κ1) is 22.5. The molecule has 0 saturated carbocycles. The molecule has 0 aliphatic carbocycles. The molecule has 4 N–H and O–H groups in total. The van der Waals surface area contributed by atoms with E-state index in [1.54, 1.807) is 24.3 Å². The summed E-state index contributed by atoms with van der Waals surface area (Å²) in [6, 6.07) is 19.1. The number of carboxylic acid groups (broad SMARTS) is 1. The van der Waals surface area contributed by atoms with Gasteiger partial charge in [-0.25, -0.2) is 0 Å². The Morgan fingerprint density at radius 2 is 1.61 bits per heavy atom. The number of anilines is 2. The van der Waals surface area contributed by atoms with E-state index < -0.39 is 15.5 Å². The van der Waals surface area contributed by atoms with E-state index in [4.69, 9.17) is 16.7 Å². The maximum atomic E-state index is 13.3. The summed E-state index contributed by atoms with van der Waals surface area (Å²) >= 11 is 6.01. The van der Waals surface area contributed by atoms with E-state index in [9.17, 15) is 18.4 Å². The average Bonchev–Trinajstić information content (AvgIpc) is 2.69. The van der Waals surface area contributed by atoms with E-state index in [1.165, 1.54) is 42.5 Å². The van der Waals surface area contributed by atoms with Crippen LogP contribution in [0.3, 0.4) is 0 Å². The zero-order valence-electron chi connectivity index (χ0n) is 16.5. The smallest absolute Gasteiger partial charge is 0.307 e. The molecule has 7 nitrogen and oxygen atoms in total. The summed E-state index contributed by atoms with van der Waals surface area (Å²) in [5, 5.41) is 12.0. The fourth-order valence-electron chi connectivity index (χ4n) is 2.90. The molecule has 0 aliphatic heterocycles. The van der Waals surface area contributed by atoms with Gasteiger partial charge in [0.15, 0.2) is 0 Å². The highest BCUT2D eigenvalue weighted by atomic mass is 35.5. The number of aliphatic carboxylic acids is 1. The highest BCUT2D eigenvalue weighted by Gasteiger charge is 2.25. The van der Waals surface area contributed by atoms with Gasteiger partial charge in [0.1, 0.15) is 0 Å². The molecule has 9 heteroatoms. The van der Waals surface area contributed by atoms with Crippen LogP contribution in [0.1, 0.15) is 15.9 Å². The van der Waals surface area contributed by atoms with Crippen molar-refractivity contribution in [3.63, 3.8) is 0 Å². The van der Waals surface area contributed by atoms with Crippen molar-refractivity contribution in [1.82, 2.24) is 0 Å². The zero-order valence-corrected chi connectivity index (χ0v) is 18.1. The van der Waals surface area contributed by atoms with Crippen LogP contribution in [0.5, 0.6) is 0 Å². The Balaban J connectivity index is 1.80. The van der Waals surface area contributed by atoms with Crippen molar-refractivity contribution in [3.8, 4) is 0 Å². The Morgan fingerprint density at radius 1 is 0.968 bits per heavy atom. The minimum atomic E-state index is -4.58. The molecule has 0 bridgehead atoms. The third-order valence-corrected chi connectivity index (χ3v) is 6.90. The molecule has 3 aromatic rings. The number of carbonyl (C=O) groups excluding carboxylic acids is 1. The molecular formula is C22H21ClN2O5S. The quantitative estimate of drug-likeness (QED) is 0.413. The highest BCUT2D eigenvalue weighted by molar-refractivity contribution is 8.15. The molecule has 3 rings (SSSR count). The van der Waals surface area contributed by atoms with Crippen molar-refractivity contribution in [3.05, 3.63) is 88.9 Å². The van der Waals surface area contributed by atoms with E-state index in [0.29, 0.717) is 16.9 Å². The van der Waals surface area contributed by atoms with Gasteiger partial charge < -0.3 is 10.4 Å². The monoisotopic (exact) mass is 460 g/mol. The third kappa shape index (κ3) is 5.69. The molecule has 1 amide bonds. The summed E-state index contributed by atoms with van der Waals surface area (Å²) in [6.45, 7) is 0. The lowest BCUT2D eigenvalue weighted by Gasteiger charge is -2.41. The van der Waals surface area contributed by atoms with Crippen LogP contribution in [0.4, 0.5) is 11.4 Å². The van der Waals surface area contributed by atoms with Crippen LogP contribution < -0.4 is 10.0 Å². The number of hydrogen-bond donors (Lipinski definition) is 4. The molecule has 0 fully saturated rings. The van der Waals surface area contributed by atoms with Crippen LogP contribution in [0.15, 0.2) is 77.7 Å². The van der Waals surface area contributed by atoms with Gasteiger partial charge in [0.25, 0.3) is 5.91 Å². The molecule has 31 heavy (non-hydrogen) atoms. The number of nitrogens with one attached hydrogen (secondary N) is 2. The number of benzene rings is 3. The highest BCUT2D eigenvalue weighted by Crippen LogP contribution is 2.33. The number of carbonyl (C=O) groups is 2. The molecule has 0 heterocycles. The van der Waals surface area contributed by atoms with Crippen LogP contribution >= 0.6 is 11.6 Å². The van der Waals surface area contributed by atoms with E-state index in [-0.39, 0.29) is 27.8 Å². The number of hydrogen-bond acceptors (Lipinski definition) is 3. The van der Waals surface area contributed by atoms with Crippen molar-refractivity contribution in [2.75, 3.05) is 16.3 Å². The normalized spacial score (nSPS) is 12.4. The molecule has 0 saturated heterocycles. The summed E-state index contributed by atoms with van der Waals surface area (Å²) in [4.78, 5) is 23.4. The van der Waals surface area contributed by atoms with Crippen molar-refractivity contribution < 1.29 is 23.5 Å². The topological polar surface area (TPSA) is 116 Å². The van der Waals surface area contributed by atoms with Crippen molar-refractivity contribution in [2.45, 2.75) is 11.3 Å². The molecule has 0 aromatic heterocycles. The first-order valence-corrected chi connectivity index (χ1v) is 11.9. The fourth-order valence-corrected chi connectivity index (χ4v) is 4.70. The summed E-state index contributed by atoms with van der Waals surface area (Å²) in [5.41, 5.74) is 1.58. The minimum absolute atomic E-state index is 0.00328. The number of rotatable bonds is 7. The number of halogens is 1. The van der Waals surface area contributed by atoms with Gasteiger partial charge in [0.05, 0.1) is 17.0 Å². The summed E-state index contributed by atoms with van der Waals surface area (Å²) in [6.07, 6.45) is 0.752. The Morgan fingerprint density at radius 3 is 2.23 bits per heavy atom. The lowest BCUT2D eigenvalue weighted by atomic mass is 10.1. The first-order valence-electron chi connectivity index (χ1n) is 9.16. The standard InChI is InChI=1S/C22H21ClN2O5S/c1-31(29,30,19-11-12-20(23)16(13-19)14-21(26)27)25-18-9-7-15(8-10-18)22(28)24-17-5-3-2-4-6-17/h2-13H,14H2,1H3,(H,24,28)(H,26,27)(H2,25,29,30). The predicted octanol–water partition coefficient (Wildman–Crippen LogP) is 4.53. The molecule has 0 spiro atoms. The van der Waals surface area contributed by atoms with Gasteiger partial charge in [0, 0.05) is 22.5 Å². The minimum Gasteiger partial charge on any atom is -0.481 e.